The fraction of sp³-hybridized carbons (Fsp3) is 0.385. The van der Waals surface area contributed by atoms with E-state index in [1.807, 2.05) is 7.05 Å². The Morgan fingerprint density at radius 1 is 1.25 bits per heavy atom. The molecule has 2 aliphatic rings. The van der Waals surface area contributed by atoms with Crippen LogP contribution >= 0.6 is 0 Å². The van der Waals surface area contributed by atoms with E-state index in [9.17, 15) is 20.0 Å². The Hall–Kier alpha value is -4.26. The van der Waals surface area contributed by atoms with E-state index >= 15 is 0 Å². The fourth-order valence-corrected chi connectivity index (χ4v) is 3.76. The van der Waals surface area contributed by atoms with Crippen molar-refractivity contribution in [1.29, 1.82) is 5.26 Å². The number of carboxylic acids is 1. The van der Waals surface area contributed by atoms with Crippen molar-refractivity contribution < 1.29 is 28.9 Å². The Morgan fingerprint density at radius 2 is 2.00 bits per heavy atom. The number of nitrogens with zero attached hydrogens (tertiary/aromatic N) is 4. The van der Waals surface area contributed by atoms with Gasteiger partial charge in [0, 0.05) is 23.2 Å². The van der Waals surface area contributed by atoms with Crippen LogP contribution in [0.1, 0.15) is 57.2 Å². The van der Waals surface area contributed by atoms with Gasteiger partial charge in [-0.15, -0.1) is 0 Å². The molecule has 0 bridgehead atoms. The number of hydrazone groups is 1. The lowest BCUT2D eigenvalue weighted by Gasteiger charge is -2.22. The Balaban J connectivity index is 1.57. The van der Waals surface area contributed by atoms with E-state index in [4.69, 9.17) is 9.47 Å². The van der Waals surface area contributed by atoms with Crippen molar-refractivity contribution in [2.45, 2.75) is 51.7 Å². The zero-order valence-electron chi connectivity index (χ0n) is 20.6. The van der Waals surface area contributed by atoms with Crippen molar-refractivity contribution in [1.82, 2.24) is 10.3 Å². The molecule has 1 saturated carbocycles. The molecule has 2 aromatic rings. The van der Waals surface area contributed by atoms with Gasteiger partial charge >= 0.3 is 18.0 Å². The lowest BCUT2D eigenvalue weighted by atomic mass is 10.0. The first kappa shape index (κ1) is 24.9. The molecule has 1 unspecified atom stereocenters. The highest BCUT2D eigenvalue weighted by atomic mass is 16.6. The Bertz CT molecular complexity index is 1300. The molecule has 186 valence electrons. The van der Waals surface area contributed by atoms with Crippen LogP contribution in [0.4, 0.5) is 4.79 Å². The van der Waals surface area contributed by atoms with Crippen molar-refractivity contribution in [3.63, 3.8) is 0 Å². The third kappa shape index (κ3) is 5.86. The lowest BCUT2D eigenvalue weighted by Crippen LogP contribution is -2.38. The number of carbonyl (C=O) groups excluding carboxylic acids is 1. The largest absolute Gasteiger partial charge is 0.479 e. The summed E-state index contributed by atoms with van der Waals surface area (Å²) in [4.78, 5) is 28.4. The molecular weight excluding hydrogens is 462 g/mol. The SMILES string of the molecule is C[N+]1=C(Oc2cc(C#N)ccc2-c2ccc(C(NC(=O)OC(C)(C)C)C(=O)O)cn2)CC(C2CC2)=N1. The van der Waals surface area contributed by atoms with Gasteiger partial charge in [-0.05, 0) is 63.0 Å². The van der Waals surface area contributed by atoms with Crippen LogP contribution in [0.15, 0.2) is 41.6 Å². The molecule has 1 fully saturated rings. The van der Waals surface area contributed by atoms with Crippen molar-refractivity contribution in [2.24, 2.45) is 11.0 Å². The molecule has 1 aliphatic heterocycles. The molecule has 10 nitrogen and oxygen atoms in total. The number of pyridine rings is 1. The van der Waals surface area contributed by atoms with Gasteiger partial charge in [0.1, 0.15) is 23.5 Å². The topological polar surface area (TPSA) is 137 Å². The second-order valence-corrected chi connectivity index (χ2v) is 9.78. The summed E-state index contributed by atoms with van der Waals surface area (Å²) in [6.45, 7) is 5.07. The average molecular weight is 491 g/mol. The van der Waals surface area contributed by atoms with Crippen molar-refractivity contribution >= 4 is 23.7 Å². The van der Waals surface area contributed by atoms with Crippen molar-refractivity contribution in [2.75, 3.05) is 7.05 Å². The zero-order valence-corrected chi connectivity index (χ0v) is 20.6. The minimum absolute atomic E-state index is 0.278. The molecular formula is C26H28N5O5+. The van der Waals surface area contributed by atoms with Gasteiger partial charge in [-0.1, -0.05) is 10.8 Å². The van der Waals surface area contributed by atoms with Crippen LogP contribution in [0.2, 0.25) is 0 Å². The van der Waals surface area contributed by atoms with Crippen molar-refractivity contribution in [3.05, 3.63) is 47.7 Å². The number of rotatable bonds is 6. The number of carbonyl (C=O) groups is 2. The summed E-state index contributed by atoms with van der Waals surface area (Å²) in [7, 11) is 1.83. The van der Waals surface area contributed by atoms with Gasteiger partial charge in [0.15, 0.2) is 13.1 Å². The molecule has 1 aromatic carbocycles. The summed E-state index contributed by atoms with van der Waals surface area (Å²) in [6.07, 6.45) is 3.45. The normalized spacial score (nSPS) is 16.1. The number of alkyl carbamates (subject to hydrolysis) is 1. The predicted molar refractivity (Wildman–Crippen MR) is 131 cm³/mol. The molecule has 0 radical (unpaired) electrons. The van der Waals surface area contributed by atoms with Crippen molar-refractivity contribution in [3.8, 4) is 23.1 Å². The van der Waals surface area contributed by atoms with Crippen LogP contribution in [0.25, 0.3) is 11.3 Å². The van der Waals surface area contributed by atoms with E-state index < -0.39 is 23.7 Å². The number of aromatic nitrogens is 1. The first-order valence-electron chi connectivity index (χ1n) is 11.6. The molecule has 0 saturated heterocycles. The molecule has 2 heterocycles. The summed E-state index contributed by atoms with van der Waals surface area (Å²) >= 11 is 0. The molecule has 1 amide bonds. The summed E-state index contributed by atoms with van der Waals surface area (Å²) in [5.41, 5.74) is 2.20. The molecule has 1 atom stereocenters. The van der Waals surface area contributed by atoms with Gasteiger partial charge in [-0.3, -0.25) is 4.98 Å². The number of aliphatic carboxylic acids is 1. The number of hydrogen-bond donors (Lipinski definition) is 2. The molecule has 2 N–H and O–H groups in total. The molecule has 10 heteroatoms. The Morgan fingerprint density at radius 3 is 2.58 bits per heavy atom. The summed E-state index contributed by atoms with van der Waals surface area (Å²) in [6, 6.07) is 9.05. The standard InChI is InChI=1S/C26H27N5O5/c1-26(2,3)36-25(34)29-23(24(32)33)17-8-10-19(28-14-17)18-9-5-15(13-27)11-21(18)35-22-12-20(16-6-7-16)30-31(22)4/h5,8-11,14,16,23H,6-7,12H2,1-4H3,(H-,29,32,33,34)/p+1. The first-order chi connectivity index (χ1) is 17.0. The van der Waals surface area contributed by atoms with E-state index in [2.05, 4.69) is 21.5 Å². The van der Waals surface area contributed by atoms with Crippen LogP contribution in [-0.4, -0.2) is 51.1 Å². The minimum atomic E-state index is -1.33. The van der Waals surface area contributed by atoms with Gasteiger partial charge in [-0.2, -0.15) is 5.26 Å². The third-order valence-corrected chi connectivity index (χ3v) is 5.66. The smallest absolute Gasteiger partial charge is 0.408 e. The second kappa shape index (κ2) is 9.77. The van der Waals surface area contributed by atoms with E-state index in [1.54, 1.807) is 55.8 Å². The lowest BCUT2D eigenvalue weighted by molar-refractivity contribution is -0.506. The summed E-state index contributed by atoms with van der Waals surface area (Å²) < 4.78 is 13.1. The van der Waals surface area contributed by atoms with Gasteiger partial charge in [0.2, 0.25) is 0 Å². The van der Waals surface area contributed by atoms with E-state index in [-0.39, 0.29) is 5.56 Å². The van der Waals surface area contributed by atoms with Gasteiger partial charge < -0.3 is 19.9 Å². The Kier molecular flexibility index (Phi) is 6.75. The zero-order chi connectivity index (χ0) is 26.0. The highest BCUT2D eigenvalue weighted by molar-refractivity contribution is 6.04. The second-order valence-electron chi connectivity index (χ2n) is 9.78. The maximum absolute atomic E-state index is 12.1. The number of amides is 1. The van der Waals surface area contributed by atoms with E-state index in [0.29, 0.717) is 40.8 Å². The number of hydrogen-bond acceptors (Lipinski definition) is 7. The van der Waals surface area contributed by atoms with Crippen LogP contribution in [0.5, 0.6) is 5.75 Å². The number of nitriles is 1. The van der Waals surface area contributed by atoms with Gasteiger partial charge in [-0.25, -0.2) is 9.59 Å². The highest BCUT2D eigenvalue weighted by Gasteiger charge is 2.37. The van der Waals surface area contributed by atoms with Crippen LogP contribution in [0, 0.1) is 17.2 Å². The maximum Gasteiger partial charge on any atom is 0.408 e. The van der Waals surface area contributed by atoms with E-state index in [1.165, 1.54) is 6.20 Å². The molecule has 0 spiro atoms. The third-order valence-electron chi connectivity index (χ3n) is 5.66. The Labute approximate surface area is 208 Å². The van der Waals surface area contributed by atoms with Gasteiger partial charge in [0.25, 0.3) is 0 Å². The highest BCUT2D eigenvalue weighted by Crippen LogP contribution is 2.35. The number of carboxylic acid groups (broad SMARTS) is 1. The minimum Gasteiger partial charge on any atom is -0.479 e. The summed E-state index contributed by atoms with van der Waals surface area (Å²) in [5.74, 6) is 0.386. The van der Waals surface area contributed by atoms with Crippen LogP contribution < -0.4 is 10.1 Å². The van der Waals surface area contributed by atoms with Crippen LogP contribution in [-0.2, 0) is 9.53 Å². The van der Waals surface area contributed by atoms with Gasteiger partial charge in [0.05, 0.1) is 17.3 Å². The number of benzene rings is 1. The molecule has 36 heavy (non-hydrogen) atoms. The maximum atomic E-state index is 12.1. The number of ether oxygens (including phenoxy) is 2. The summed E-state index contributed by atoms with van der Waals surface area (Å²) in [5, 5.41) is 26.0. The monoisotopic (exact) mass is 490 g/mol. The number of nitrogens with one attached hydrogen (secondary N) is 1. The average Bonchev–Trinajstić information content (AvgIpc) is 3.60. The predicted octanol–water partition coefficient (Wildman–Crippen LogP) is 3.86. The quantitative estimate of drug-likeness (QED) is 0.587. The molecule has 4 rings (SSSR count). The molecule has 1 aliphatic carbocycles. The molecule has 1 aromatic heterocycles. The fourth-order valence-electron chi connectivity index (χ4n) is 3.76. The first-order valence-corrected chi connectivity index (χ1v) is 11.6. The van der Waals surface area contributed by atoms with E-state index in [0.717, 1.165) is 18.6 Å². The van der Waals surface area contributed by atoms with Crippen LogP contribution in [0.3, 0.4) is 0 Å².